The van der Waals surface area contributed by atoms with E-state index in [0.29, 0.717) is 10.0 Å². The molecule has 1 N–H and O–H groups in total. The summed E-state index contributed by atoms with van der Waals surface area (Å²) in [6.45, 7) is 2.16. The summed E-state index contributed by atoms with van der Waals surface area (Å²) in [5, 5.41) is 4.74. The molecule has 2 aromatic rings. The van der Waals surface area contributed by atoms with E-state index in [0.717, 1.165) is 10.2 Å². The van der Waals surface area contributed by atoms with Crippen LogP contribution < -0.4 is 5.32 Å². The van der Waals surface area contributed by atoms with Crippen molar-refractivity contribution in [2.75, 3.05) is 5.32 Å². The summed E-state index contributed by atoms with van der Waals surface area (Å²) in [6, 6.07) is 6.28. The van der Waals surface area contributed by atoms with Crippen LogP contribution in [0.2, 0.25) is 10.0 Å². The first-order valence-corrected chi connectivity index (χ1v) is 9.43. The number of nitrogens with one attached hydrogen (secondary N) is 1. The predicted molar refractivity (Wildman–Crippen MR) is 97.2 cm³/mol. The minimum absolute atomic E-state index is 0.205. The summed E-state index contributed by atoms with van der Waals surface area (Å²) in [7, 11) is 0. The molecule has 1 aromatic carbocycles. The van der Waals surface area contributed by atoms with Gasteiger partial charge in [-0.2, -0.15) is 0 Å². The molecule has 0 amide bonds. The van der Waals surface area contributed by atoms with Crippen molar-refractivity contribution in [3.63, 3.8) is 0 Å². The fourth-order valence-electron chi connectivity index (χ4n) is 2.69. The van der Waals surface area contributed by atoms with Crippen molar-refractivity contribution in [1.82, 2.24) is 0 Å². The van der Waals surface area contributed by atoms with Gasteiger partial charge in [0, 0.05) is 14.2 Å². The Balaban J connectivity index is 1.83. The summed E-state index contributed by atoms with van der Waals surface area (Å²) in [5.74, 6) is 0. The van der Waals surface area contributed by atoms with Crippen LogP contribution in [0.5, 0.6) is 0 Å². The Morgan fingerprint density at radius 2 is 1.81 bits per heavy atom. The van der Waals surface area contributed by atoms with Crippen LogP contribution in [0.15, 0.2) is 22.7 Å². The number of anilines is 1. The normalized spacial score (nSPS) is 15.6. The first-order valence-electron chi connectivity index (χ1n) is 7.07. The van der Waals surface area contributed by atoms with Crippen LogP contribution in [0.4, 0.5) is 5.69 Å². The van der Waals surface area contributed by atoms with Crippen LogP contribution in [-0.4, -0.2) is 0 Å². The van der Waals surface area contributed by atoms with Crippen molar-refractivity contribution in [3.8, 4) is 0 Å². The number of hydrogen-bond acceptors (Lipinski definition) is 2. The van der Waals surface area contributed by atoms with Gasteiger partial charge >= 0.3 is 0 Å². The van der Waals surface area contributed by atoms with E-state index in [1.807, 2.05) is 23.5 Å². The van der Waals surface area contributed by atoms with E-state index >= 15 is 0 Å². The number of hydrogen-bond donors (Lipinski definition) is 1. The van der Waals surface area contributed by atoms with E-state index in [4.69, 9.17) is 23.2 Å². The molecule has 1 aliphatic carbocycles. The van der Waals surface area contributed by atoms with Gasteiger partial charge in [-0.3, -0.25) is 0 Å². The second-order valence-corrected chi connectivity index (χ2v) is 8.31. The highest BCUT2D eigenvalue weighted by atomic mass is 79.9. The molecule has 1 nitrogen and oxygen atoms in total. The van der Waals surface area contributed by atoms with E-state index in [9.17, 15) is 0 Å². The lowest BCUT2D eigenvalue weighted by molar-refractivity contribution is 0.696. The standard InChI is InChI=1S/C16H16BrCl2NS/c1-9(15-6-10-4-2-3-5-14(10)21-15)20-16-12(18)7-11(17)8-13(16)19/h6-9,20H,2-5H2,1H3. The van der Waals surface area contributed by atoms with Crippen LogP contribution in [0, 0.1) is 0 Å². The largest absolute Gasteiger partial charge is 0.375 e. The van der Waals surface area contributed by atoms with Gasteiger partial charge < -0.3 is 5.32 Å². The Morgan fingerprint density at radius 3 is 2.48 bits per heavy atom. The van der Waals surface area contributed by atoms with Gasteiger partial charge in [-0.15, -0.1) is 11.3 Å². The van der Waals surface area contributed by atoms with E-state index in [2.05, 4.69) is 34.2 Å². The zero-order valence-electron chi connectivity index (χ0n) is 11.7. The number of aryl methyl sites for hydroxylation is 2. The third-order valence-corrected chi connectivity index (χ3v) is 6.28. The average Bonchev–Trinajstić information content (AvgIpc) is 2.86. The lowest BCUT2D eigenvalue weighted by Gasteiger charge is -2.16. The summed E-state index contributed by atoms with van der Waals surface area (Å²) >= 11 is 17.9. The summed E-state index contributed by atoms with van der Waals surface area (Å²) in [5.41, 5.74) is 2.34. The van der Waals surface area contributed by atoms with Crippen LogP contribution in [0.3, 0.4) is 0 Å². The van der Waals surface area contributed by atoms with Gasteiger partial charge in [0.15, 0.2) is 0 Å². The third kappa shape index (κ3) is 3.42. The Hall–Kier alpha value is -0.220. The number of fused-ring (bicyclic) bond motifs is 1. The quantitative estimate of drug-likeness (QED) is 0.588. The number of rotatable bonds is 3. The van der Waals surface area contributed by atoms with Crippen molar-refractivity contribution >= 4 is 56.2 Å². The maximum Gasteiger partial charge on any atom is 0.0724 e. The first-order chi connectivity index (χ1) is 10.0. The number of halogens is 3. The van der Waals surface area contributed by atoms with E-state index in [-0.39, 0.29) is 6.04 Å². The predicted octanol–water partition coefficient (Wildman–Crippen LogP) is 6.87. The summed E-state index contributed by atoms with van der Waals surface area (Å²) in [6.07, 6.45) is 5.08. The molecule has 0 fully saturated rings. The lowest BCUT2D eigenvalue weighted by Crippen LogP contribution is -2.06. The minimum Gasteiger partial charge on any atom is -0.375 e. The maximum absolute atomic E-state index is 6.29. The van der Waals surface area contributed by atoms with Gasteiger partial charge in [0.25, 0.3) is 0 Å². The molecule has 0 radical (unpaired) electrons. The topological polar surface area (TPSA) is 12.0 Å². The van der Waals surface area contributed by atoms with Crippen molar-refractivity contribution in [1.29, 1.82) is 0 Å². The molecular weight excluding hydrogens is 389 g/mol. The smallest absolute Gasteiger partial charge is 0.0724 e. The van der Waals surface area contributed by atoms with E-state index < -0.39 is 0 Å². The molecule has 0 spiro atoms. The first kappa shape index (κ1) is 15.7. The second kappa shape index (κ2) is 6.49. The van der Waals surface area contributed by atoms with Gasteiger partial charge in [-0.1, -0.05) is 39.1 Å². The van der Waals surface area contributed by atoms with Crippen molar-refractivity contribution < 1.29 is 0 Å². The number of thiophene rings is 1. The highest BCUT2D eigenvalue weighted by molar-refractivity contribution is 9.10. The molecular formula is C16H16BrCl2NS. The zero-order chi connectivity index (χ0) is 15.0. The molecule has 1 unspecified atom stereocenters. The number of benzene rings is 1. The average molecular weight is 405 g/mol. The Labute approximate surface area is 147 Å². The van der Waals surface area contributed by atoms with Gasteiger partial charge in [-0.05, 0) is 56.4 Å². The maximum atomic E-state index is 6.29. The third-order valence-electron chi connectivity index (χ3n) is 3.81. The lowest BCUT2D eigenvalue weighted by atomic mass is 9.99. The van der Waals surface area contributed by atoms with Crippen molar-refractivity contribution in [2.45, 2.75) is 38.6 Å². The molecule has 0 saturated heterocycles. The van der Waals surface area contributed by atoms with E-state index in [1.165, 1.54) is 36.1 Å². The minimum atomic E-state index is 0.205. The molecule has 1 aliphatic rings. The zero-order valence-corrected chi connectivity index (χ0v) is 15.6. The monoisotopic (exact) mass is 403 g/mol. The Morgan fingerprint density at radius 1 is 1.14 bits per heavy atom. The summed E-state index contributed by atoms with van der Waals surface area (Å²) < 4.78 is 0.891. The van der Waals surface area contributed by atoms with Crippen LogP contribution in [0.25, 0.3) is 0 Å². The fourth-order valence-corrected chi connectivity index (χ4v) is 5.27. The summed E-state index contributed by atoms with van der Waals surface area (Å²) in [4.78, 5) is 2.91. The highest BCUT2D eigenvalue weighted by Gasteiger charge is 2.18. The SMILES string of the molecule is CC(Nc1c(Cl)cc(Br)cc1Cl)c1cc2c(s1)CCCC2. The Bertz CT molecular complexity index is 622. The molecule has 1 heterocycles. The Kier molecular flexibility index (Phi) is 4.84. The fraction of sp³-hybridized carbons (Fsp3) is 0.375. The van der Waals surface area contributed by atoms with Crippen molar-refractivity contribution in [3.05, 3.63) is 48.0 Å². The molecule has 5 heteroatoms. The molecule has 1 aromatic heterocycles. The van der Waals surface area contributed by atoms with Gasteiger partial charge in [0.1, 0.15) is 0 Å². The van der Waals surface area contributed by atoms with Crippen LogP contribution >= 0.6 is 50.5 Å². The van der Waals surface area contributed by atoms with Crippen molar-refractivity contribution in [2.24, 2.45) is 0 Å². The second-order valence-electron chi connectivity index (χ2n) is 5.41. The van der Waals surface area contributed by atoms with Gasteiger partial charge in [0.05, 0.1) is 21.8 Å². The molecule has 0 aliphatic heterocycles. The van der Waals surface area contributed by atoms with Gasteiger partial charge in [-0.25, -0.2) is 0 Å². The molecule has 3 rings (SSSR count). The molecule has 0 saturated carbocycles. The van der Waals surface area contributed by atoms with Gasteiger partial charge in [0.2, 0.25) is 0 Å². The van der Waals surface area contributed by atoms with Crippen LogP contribution in [0.1, 0.15) is 41.1 Å². The molecule has 0 bridgehead atoms. The highest BCUT2D eigenvalue weighted by Crippen LogP contribution is 2.38. The van der Waals surface area contributed by atoms with E-state index in [1.54, 1.807) is 4.88 Å². The van der Waals surface area contributed by atoms with Crippen LogP contribution in [-0.2, 0) is 12.8 Å². The molecule has 1 atom stereocenters. The molecule has 21 heavy (non-hydrogen) atoms. The molecule has 112 valence electrons.